The smallest absolute Gasteiger partial charge is 0.0327 e. The Morgan fingerprint density at radius 2 is 2.00 bits per heavy atom. The van der Waals surface area contributed by atoms with Crippen molar-refractivity contribution in [2.75, 3.05) is 7.05 Å². The van der Waals surface area contributed by atoms with Crippen LogP contribution in [-0.2, 0) is 5.41 Å². The molecule has 1 nitrogen and oxygen atoms in total. The molecule has 1 aromatic rings. The zero-order valence-corrected chi connectivity index (χ0v) is 10.3. The Labute approximate surface area is 98.6 Å². The Morgan fingerprint density at radius 3 is 2.62 bits per heavy atom. The van der Waals surface area contributed by atoms with Crippen molar-refractivity contribution in [3.63, 3.8) is 0 Å². The standard InChI is InChI=1S/C15H21N/c1-13-8-6-7-11-15(13,12-16-2)14-9-4-3-5-10-14/h3-5,9-10,12-13H,6-8,11H2,1-2H3/b16-12+/t13?,15-/m1/s1. The summed E-state index contributed by atoms with van der Waals surface area (Å²) in [6.45, 7) is 2.37. The van der Waals surface area contributed by atoms with Crippen LogP contribution < -0.4 is 0 Å². The van der Waals surface area contributed by atoms with Crippen LogP contribution in [0.5, 0.6) is 0 Å². The van der Waals surface area contributed by atoms with Gasteiger partial charge in [-0.15, -0.1) is 0 Å². The van der Waals surface area contributed by atoms with E-state index in [9.17, 15) is 0 Å². The lowest BCUT2D eigenvalue weighted by Gasteiger charge is -2.40. The van der Waals surface area contributed by atoms with Gasteiger partial charge in [0.05, 0.1) is 0 Å². The van der Waals surface area contributed by atoms with E-state index in [1.807, 2.05) is 7.05 Å². The van der Waals surface area contributed by atoms with Crippen LogP contribution in [0.1, 0.15) is 38.2 Å². The van der Waals surface area contributed by atoms with Gasteiger partial charge in [-0.05, 0) is 24.3 Å². The van der Waals surface area contributed by atoms with Crippen molar-refractivity contribution in [1.29, 1.82) is 0 Å². The predicted molar refractivity (Wildman–Crippen MR) is 70.2 cm³/mol. The van der Waals surface area contributed by atoms with Crippen molar-refractivity contribution in [2.24, 2.45) is 10.9 Å². The lowest BCUT2D eigenvalue weighted by molar-refractivity contribution is 0.278. The average molecular weight is 215 g/mol. The first-order chi connectivity index (χ1) is 7.79. The molecule has 0 N–H and O–H groups in total. The molecule has 1 aliphatic carbocycles. The van der Waals surface area contributed by atoms with E-state index in [1.165, 1.54) is 31.2 Å². The molecule has 0 bridgehead atoms. The molecule has 1 unspecified atom stereocenters. The van der Waals surface area contributed by atoms with E-state index >= 15 is 0 Å². The highest BCUT2D eigenvalue weighted by molar-refractivity contribution is 5.74. The van der Waals surface area contributed by atoms with Crippen LogP contribution in [0.4, 0.5) is 0 Å². The molecule has 86 valence electrons. The van der Waals surface area contributed by atoms with Gasteiger partial charge in [0.25, 0.3) is 0 Å². The molecule has 0 aromatic heterocycles. The SMILES string of the molecule is C/N=C/[C@]1(c2ccccc2)CCCCC1C. The predicted octanol–water partition coefficient (Wildman–Crippen LogP) is 3.84. The van der Waals surface area contributed by atoms with Crippen molar-refractivity contribution in [2.45, 2.75) is 38.0 Å². The van der Waals surface area contributed by atoms with Crippen LogP contribution in [0, 0.1) is 5.92 Å². The lowest BCUT2D eigenvalue weighted by atomic mass is 9.64. The summed E-state index contributed by atoms with van der Waals surface area (Å²) in [5.74, 6) is 0.701. The molecule has 0 heterocycles. The maximum absolute atomic E-state index is 4.33. The third-order valence-corrected chi connectivity index (χ3v) is 4.03. The molecule has 1 aliphatic rings. The third-order valence-electron chi connectivity index (χ3n) is 4.03. The molecule has 1 heteroatoms. The largest absolute Gasteiger partial charge is 0.300 e. The Hall–Kier alpha value is -1.11. The molecule has 0 amide bonds. The monoisotopic (exact) mass is 215 g/mol. The molecular formula is C15H21N. The van der Waals surface area contributed by atoms with Gasteiger partial charge in [-0.3, -0.25) is 4.99 Å². The Morgan fingerprint density at radius 1 is 1.25 bits per heavy atom. The van der Waals surface area contributed by atoms with Gasteiger partial charge in [-0.2, -0.15) is 0 Å². The fourth-order valence-electron chi connectivity index (χ4n) is 3.05. The first-order valence-corrected chi connectivity index (χ1v) is 6.28. The normalized spacial score (nSPS) is 30.8. The van der Waals surface area contributed by atoms with Crippen molar-refractivity contribution < 1.29 is 0 Å². The van der Waals surface area contributed by atoms with E-state index in [0.29, 0.717) is 5.92 Å². The maximum atomic E-state index is 4.33. The molecule has 0 aliphatic heterocycles. The minimum Gasteiger partial charge on any atom is -0.300 e. The van der Waals surface area contributed by atoms with Gasteiger partial charge in [0.1, 0.15) is 0 Å². The van der Waals surface area contributed by atoms with Gasteiger partial charge in [0.15, 0.2) is 0 Å². The fraction of sp³-hybridized carbons (Fsp3) is 0.533. The molecule has 1 saturated carbocycles. The highest BCUT2D eigenvalue weighted by Crippen LogP contribution is 2.42. The number of hydrogen-bond donors (Lipinski definition) is 0. The molecule has 1 aromatic carbocycles. The minimum atomic E-state index is 0.189. The Balaban J connectivity index is 2.42. The van der Waals surface area contributed by atoms with Crippen LogP contribution in [0.25, 0.3) is 0 Å². The third kappa shape index (κ3) is 1.91. The molecular weight excluding hydrogens is 194 g/mol. The topological polar surface area (TPSA) is 12.4 Å². The number of hydrogen-bond acceptors (Lipinski definition) is 1. The summed E-state index contributed by atoms with van der Waals surface area (Å²) in [7, 11) is 1.89. The summed E-state index contributed by atoms with van der Waals surface area (Å²) < 4.78 is 0. The fourth-order valence-corrected chi connectivity index (χ4v) is 3.05. The van der Waals surface area contributed by atoms with Gasteiger partial charge >= 0.3 is 0 Å². The van der Waals surface area contributed by atoms with Gasteiger partial charge in [0, 0.05) is 18.7 Å². The van der Waals surface area contributed by atoms with E-state index in [1.54, 1.807) is 0 Å². The Bertz CT molecular complexity index is 355. The Kier molecular flexibility index (Phi) is 3.42. The van der Waals surface area contributed by atoms with Gasteiger partial charge in [-0.1, -0.05) is 50.1 Å². The minimum absolute atomic E-state index is 0.189. The van der Waals surface area contributed by atoms with E-state index in [-0.39, 0.29) is 5.41 Å². The number of nitrogens with zero attached hydrogens (tertiary/aromatic N) is 1. The summed E-state index contributed by atoms with van der Waals surface area (Å²) in [6.07, 6.45) is 7.45. The molecule has 16 heavy (non-hydrogen) atoms. The summed E-state index contributed by atoms with van der Waals surface area (Å²) in [5.41, 5.74) is 1.63. The molecule has 2 rings (SSSR count). The van der Waals surface area contributed by atoms with Crippen molar-refractivity contribution in [3.05, 3.63) is 35.9 Å². The van der Waals surface area contributed by atoms with E-state index in [4.69, 9.17) is 0 Å². The van der Waals surface area contributed by atoms with Crippen LogP contribution in [0.3, 0.4) is 0 Å². The van der Waals surface area contributed by atoms with Crippen molar-refractivity contribution >= 4 is 6.21 Å². The highest BCUT2D eigenvalue weighted by Gasteiger charge is 2.37. The van der Waals surface area contributed by atoms with Crippen LogP contribution in [-0.4, -0.2) is 13.3 Å². The number of benzene rings is 1. The maximum Gasteiger partial charge on any atom is 0.0327 e. The van der Waals surface area contributed by atoms with E-state index in [2.05, 4.69) is 48.5 Å². The van der Waals surface area contributed by atoms with Crippen LogP contribution >= 0.6 is 0 Å². The van der Waals surface area contributed by atoms with Crippen LogP contribution in [0.15, 0.2) is 35.3 Å². The van der Waals surface area contributed by atoms with Crippen molar-refractivity contribution in [3.8, 4) is 0 Å². The van der Waals surface area contributed by atoms with Gasteiger partial charge < -0.3 is 0 Å². The average Bonchev–Trinajstić information content (AvgIpc) is 2.34. The second-order valence-corrected chi connectivity index (χ2v) is 4.94. The van der Waals surface area contributed by atoms with E-state index in [0.717, 1.165) is 0 Å². The number of aliphatic imine (C=N–C) groups is 1. The number of rotatable bonds is 2. The van der Waals surface area contributed by atoms with E-state index < -0.39 is 0 Å². The highest BCUT2D eigenvalue weighted by atomic mass is 14.7. The summed E-state index contributed by atoms with van der Waals surface area (Å²) in [4.78, 5) is 4.33. The summed E-state index contributed by atoms with van der Waals surface area (Å²) in [6, 6.07) is 10.9. The second-order valence-electron chi connectivity index (χ2n) is 4.94. The zero-order valence-electron chi connectivity index (χ0n) is 10.3. The molecule has 1 fully saturated rings. The molecule has 0 radical (unpaired) electrons. The summed E-state index contributed by atoms with van der Waals surface area (Å²) >= 11 is 0. The van der Waals surface area contributed by atoms with Gasteiger partial charge in [-0.25, -0.2) is 0 Å². The van der Waals surface area contributed by atoms with Crippen LogP contribution in [0.2, 0.25) is 0 Å². The van der Waals surface area contributed by atoms with Crippen molar-refractivity contribution in [1.82, 2.24) is 0 Å². The van der Waals surface area contributed by atoms with Gasteiger partial charge in [0.2, 0.25) is 0 Å². The molecule has 2 atom stereocenters. The second kappa shape index (κ2) is 4.82. The lowest BCUT2D eigenvalue weighted by Crippen LogP contribution is -2.38. The summed E-state index contributed by atoms with van der Waals surface area (Å²) in [5, 5.41) is 0. The molecule has 0 saturated heterocycles. The molecule has 0 spiro atoms. The zero-order chi connectivity index (χ0) is 11.4. The quantitative estimate of drug-likeness (QED) is 0.665. The first kappa shape index (κ1) is 11.4. The first-order valence-electron chi connectivity index (χ1n) is 6.28.